The van der Waals surface area contributed by atoms with Gasteiger partial charge in [0.05, 0.1) is 6.54 Å². The first kappa shape index (κ1) is 12.6. The molecular weight excluding hydrogens is 210 g/mol. The SMILES string of the molecule is CSCCC(C)NCc1ccc(CO)o1. The molecular formula is C11H19NO2S. The molecule has 2 N–H and O–H groups in total. The van der Waals surface area contributed by atoms with Crippen molar-refractivity contribution in [3.05, 3.63) is 23.7 Å². The molecule has 0 saturated heterocycles. The fourth-order valence-electron chi connectivity index (χ4n) is 1.27. The highest BCUT2D eigenvalue weighted by Gasteiger charge is 2.04. The van der Waals surface area contributed by atoms with Crippen LogP contribution in [0, 0.1) is 0 Å². The summed E-state index contributed by atoms with van der Waals surface area (Å²) in [5.41, 5.74) is 0. The van der Waals surface area contributed by atoms with Crippen LogP contribution >= 0.6 is 11.8 Å². The Balaban J connectivity index is 2.24. The van der Waals surface area contributed by atoms with Gasteiger partial charge in [0.25, 0.3) is 0 Å². The fraction of sp³-hybridized carbons (Fsp3) is 0.636. The molecule has 3 nitrogen and oxygen atoms in total. The Morgan fingerprint density at radius 3 is 2.80 bits per heavy atom. The van der Waals surface area contributed by atoms with E-state index in [0.29, 0.717) is 11.8 Å². The summed E-state index contributed by atoms with van der Waals surface area (Å²) in [4.78, 5) is 0. The number of aliphatic hydroxyl groups is 1. The second-order valence-corrected chi connectivity index (χ2v) is 4.58. The van der Waals surface area contributed by atoms with E-state index in [1.807, 2.05) is 23.9 Å². The third-order valence-electron chi connectivity index (χ3n) is 2.25. The van der Waals surface area contributed by atoms with Crippen molar-refractivity contribution in [2.45, 2.75) is 32.5 Å². The molecule has 0 bridgehead atoms. The molecule has 0 saturated carbocycles. The summed E-state index contributed by atoms with van der Waals surface area (Å²) < 4.78 is 5.37. The highest BCUT2D eigenvalue weighted by atomic mass is 32.2. The second-order valence-electron chi connectivity index (χ2n) is 3.59. The van der Waals surface area contributed by atoms with Crippen LogP contribution in [0.25, 0.3) is 0 Å². The Morgan fingerprint density at radius 1 is 1.47 bits per heavy atom. The van der Waals surface area contributed by atoms with Crippen LogP contribution in [0.15, 0.2) is 16.5 Å². The number of rotatable bonds is 7. The summed E-state index contributed by atoms with van der Waals surface area (Å²) in [7, 11) is 0. The largest absolute Gasteiger partial charge is 0.462 e. The molecule has 1 rings (SSSR count). The molecule has 0 aliphatic carbocycles. The Bertz CT molecular complexity index is 275. The van der Waals surface area contributed by atoms with Crippen molar-refractivity contribution < 1.29 is 9.52 Å². The maximum absolute atomic E-state index is 8.83. The minimum atomic E-state index is -0.0258. The molecule has 0 radical (unpaired) electrons. The van der Waals surface area contributed by atoms with Crippen LogP contribution in [-0.4, -0.2) is 23.2 Å². The van der Waals surface area contributed by atoms with Gasteiger partial charge in [-0.3, -0.25) is 0 Å². The number of hydrogen-bond donors (Lipinski definition) is 2. The van der Waals surface area contributed by atoms with Gasteiger partial charge in [0.2, 0.25) is 0 Å². The lowest BCUT2D eigenvalue weighted by atomic mass is 10.2. The molecule has 15 heavy (non-hydrogen) atoms. The number of hydrogen-bond acceptors (Lipinski definition) is 4. The fourth-order valence-corrected chi connectivity index (χ4v) is 1.86. The van der Waals surface area contributed by atoms with Gasteiger partial charge in [0.1, 0.15) is 18.1 Å². The Kier molecular flexibility index (Phi) is 5.83. The van der Waals surface area contributed by atoms with Crippen LogP contribution in [0.1, 0.15) is 24.9 Å². The summed E-state index contributed by atoms with van der Waals surface area (Å²) in [6.45, 7) is 2.88. The van der Waals surface area contributed by atoms with Crippen molar-refractivity contribution in [3.63, 3.8) is 0 Å². The van der Waals surface area contributed by atoms with E-state index in [2.05, 4.69) is 18.5 Å². The van der Waals surface area contributed by atoms with Crippen LogP contribution in [0.5, 0.6) is 0 Å². The van der Waals surface area contributed by atoms with Crippen LogP contribution in [0.3, 0.4) is 0 Å². The lowest BCUT2D eigenvalue weighted by Gasteiger charge is -2.11. The van der Waals surface area contributed by atoms with E-state index < -0.39 is 0 Å². The first-order chi connectivity index (χ1) is 7.26. The van der Waals surface area contributed by atoms with E-state index in [4.69, 9.17) is 9.52 Å². The normalized spacial score (nSPS) is 13.0. The first-order valence-corrected chi connectivity index (χ1v) is 6.56. The average Bonchev–Trinajstić information content (AvgIpc) is 2.71. The smallest absolute Gasteiger partial charge is 0.129 e. The van der Waals surface area contributed by atoms with E-state index in [1.165, 1.54) is 5.75 Å². The second kappa shape index (κ2) is 6.93. The predicted octanol–water partition coefficient (Wildman–Crippen LogP) is 2.00. The third-order valence-corrected chi connectivity index (χ3v) is 2.90. The van der Waals surface area contributed by atoms with Gasteiger partial charge in [0, 0.05) is 6.04 Å². The molecule has 86 valence electrons. The van der Waals surface area contributed by atoms with Gasteiger partial charge in [-0.25, -0.2) is 0 Å². The summed E-state index contributed by atoms with van der Waals surface area (Å²) in [5.74, 6) is 2.69. The summed E-state index contributed by atoms with van der Waals surface area (Å²) in [6.07, 6.45) is 3.28. The molecule has 0 fully saturated rings. The van der Waals surface area contributed by atoms with E-state index in [9.17, 15) is 0 Å². The van der Waals surface area contributed by atoms with Crippen molar-refractivity contribution in [3.8, 4) is 0 Å². The molecule has 1 unspecified atom stereocenters. The van der Waals surface area contributed by atoms with Crippen molar-refractivity contribution in [1.29, 1.82) is 0 Å². The standard InChI is InChI=1S/C11H19NO2S/c1-9(5-6-15-2)12-7-10-3-4-11(8-13)14-10/h3-4,9,12-13H,5-8H2,1-2H3. The third kappa shape index (κ3) is 4.73. The zero-order valence-corrected chi connectivity index (χ0v) is 10.1. The van der Waals surface area contributed by atoms with E-state index >= 15 is 0 Å². The van der Waals surface area contributed by atoms with Crippen LogP contribution in [0.2, 0.25) is 0 Å². The number of aliphatic hydroxyl groups excluding tert-OH is 1. The zero-order valence-electron chi connectivity index (χ0n) is 9.32. The molecule has 0 aromatic carbocycles. The minimum Gasteiger partial charge on any atom is -0.462 e. The van der Waals surface area contributed by atoms with Crippen molar-refractivity contribution in [1.82, 2.24) is 5.32 Å². The molecule has 4 heteroatoms. The summed E-state index contributed by atoms with van der Waals surface area (Å²) >= 11 is 1.86. The molecule has 0 amide bonds. The van der Waals surface area contributed by atoms with Gasteiger partial charge >= 0.3 is 0 Å². The Hall–Kier alpha value is -0.450. The van der Waals surface area contributed by atoms with Crippen LogP contribution in [-0.2, 0) is 13.2 Å². The van der Waals surface area contributed by atoms with Gasteiger partial charge in [-0.2, -0.15) is 11.8 Å². The summed E-state index contributed by atoms with van der Waals surface area (Å²) in [6, 6.07) is 4.21. The molecule has 0 aliphatic rings. The van der Waals surface area contributed by atoms with Crippen molar-refractivity contribution in [2.75, 3.05) is 12.0 Å². The summed E-state index contributed by atoms with van der Waals surface area (Å²) in [5, 5.41) is 12.2. The Morgan fingerprint density at radius 2 is 2.20 bits per heavy atom. The van der Waals surface area contributed by atoms with Crippen molar-refractivity contribution in [2.24, 2.45) is 0 Å². The number of nitrogens with one attached hydrogen (secondary N) is 1. The monoisotopic (exact) mass is 229 g/mol. The Labute approximate surface area is 95.2 Å². The lowest BCUT2D eigenvalue weighted by molar-refractivity contribution is 0.242. The predicted molar refractivity (Wildman–Crippen MR) is 63.9 cm³/mol. The van der Waals surface area contributed by atoms with Crippen LogP contribution in [0.4, 0.5) is 0 Å². The quantitative estimate of drug-likeness (QED) is 0.750. The first-order valence-electron chi connectivity index (χ1n) is 5.17. The number of thioether (sulfide) groups is 1. The molecule has 1 aromatic heterocycles. The van der Waals surface area contributed by atoms with Gasteiger partial charge in [-0.1, -0.05) is 0 Å². The highest BCUT2D eigenvalue weighted by Crippen LogP contribution is 2.08. The average molecular weight is 229 g/mol. The zero-order chi connectivity index (χ0) is 11.1. The van der Waals surface area contributed by atoms with Crippen molar-refractivity contribution >= 4 is 11.8 Å². The lowest BCUT2D eigenvalue weighted by Crippen LogP contribution is -2.25. The topological polar surface area (TPSA) is 45.4 Å². The molecule has 1 aromatic rings. The molecule has 0 spiro atoms. The molecule has 1 atom stereocenters. The van der Waals surface area contributed by atoms with Gasteiger partial charge in [0.15, 0.2) is 0 Å². The van der Waals surface area contributed by atoms with Gasteiger partial charge in [-0.05, 0) is 37.5 Å². The van der Waals surface area contributed by atoms with Gasteiger partial charge in [-0.15, -0.1) is 0 Å². The highest BCUT2D eigenvalue weighted by molar-refractivity contribution is 7.98. The van der Waals surface area contributed by atoms with E-state index in [0.717, 1.165) is 18.7 Å². The maximum Gasteiger partial charge on any atom is 0.129 e. The minimum absolute atomic E-state index is 0.0258. The molecule has 0 aliphatic heterocycles. The van der Waals surface area contributed by atoms with Gasteiger partial charge < -0.3 is 14.8 Å². The maximum atomic E-state index is 8.83. The van der Waals surface area contributed by atoms with E-state index in [1.54, 1.807) is 0 Å². The molecule has 1 heterocycles. The van der Waals surface area contributed by atoms with Crippen LogP contribution < -0.4 is 5.32 Å². The number of furan rings is 1. The van der Waals surface area contributed by atoms with E-state index in [-0.39, 0.29) is 6.61 Å².